The zero-order valence-corrected chi connectivity index (χ0v) is 17.1. The predicted octanol–water partition coefficient (Wildman–Crippen LogP) is 4.09. The first kappa shape index (κ1) is 19.7. The molecule has 4 rings (SSSR count). The number of aromatic nitrogens is 2. The van der Waals surface area contributed by atoms with E-state index in [4.69, 9.17) is 21.1 Å². The standard InChI is InChI=1S/C22H24ClN3O3/c1-28-21(27)12-14-25-13-4-5-17(25)15-29-18-10-8-16(9-11-18)26-22(23)19-6-2-3-7-20(19)24-26/h2-3,6-11,17H,4-5,12-15H2,1H3. The zero-order valence-electron chi connectivity index (χ0n) is 16.4. The highest BCUT2D eigenvalue weighted by molar-refractivity contribution is 6.34. The third kappa shape index (κ3) is 4.38. The van der Waals surface area contributed by atoms with Crippen LogP contribution >= 0.6 is 11.6 Å². The molecule has 0 radical (unpaired) electrons. The van der Waals surface area contributed by atoms with Crippen molar-refractivity contribution >= 4 is 28.5 Å². The van der Waals surface area contributed by atoms with Gasteiger partial charge in [-0.3, -0.25) is 9.69 Å². The molecular weight excluding hydrogens is 390 g/mol. The number of rotatable bonds is 7. The van der Waals surface area contributed by atoms with Crippen LogP contribution in [0.3, 0.4) is 0 Å². The molecule has 1 aliphatic heterocycles. The van der Waals surface area contributed by atoms with Crippen LogP contribution in [0.4, 0.5) is 0 Å². The molecule has 1 aliphatic rings. The Morgan fingerprint density at radius 2 is 2.00 bits per heavy atom. The van der Waals surface area contributed by atoms with Gasteiger partial charge in [0.25, 0.3) is 0 Å². The smallest absolute Gasteiger partial charge is 0.306 e. The van der Waals surface area contributed by atoms with E-state index in [1.165, 1.54) is 7.11 Å². The van der Waals surface area contributed by atoms with E-state index in [9.17, 15) is 4.79 Å². The summed E-state index contributed by atoms with van der Waals surface area (Å²) in [6.45, 7) is 2.31. The average Bonchev–Trinajstić information content (AvgIpc) is 3.35. The van der Waals surface area contributed by atoms with E-state index in [0.717, 1.165) is 41.7 Å². The second-order valence-corrected chi connectivity index (χ2v) is 7.54. The van der Waals surface area contributed by atoms with Crippen LogP contribution in [0.1, 0.15) is 19.3 Å². The normalized spacial score (nSPS) is 17.0. The molecule has 2 heterocycles. The molecule has 1 saturated heterocycles. The number of hydrogen-bond acceptors (Lipinski definition) is 5. The lowest BCUT2D eigenvalue weighted by Gasteiger charge is -2.24. The fourth-order valence-corrected chi connectivity index (χ4v) is 4.06. The topological polar surface area (TPSA) is 56.6 Å². The van der Waals surface area contributed by atoms with Crippen molar-refractivity contribution in [1.29, 1.82) is 0 Å². The van der Waals surface area contributed by atoms with Crippen molar-refractivity contribution in [3.8, 4) is 11.4 Å². The molecule has 7 heteroatoms. The van der Waals surface area contributed by atoms with Crippen LogP contribution in [0.5, 0.6) is 5.75 Å². The fraction of sp³-hybridized carbons (Fsp3) is 0.364. The lowest BCUT2D eigenvalue weighted by Crippen LogP contribution is -2.35. The summed E-state index contributed by atoms with van der Waals surface area (Å²) >= 11 is 6.49. The Labute approximate surface area is 175 Å². The highest BCUT2D eigenvalue weighted by Gasteiger charge is 2.25. The molecule has 1 aromatic heterocycles. The van der Waals surface area contributed by atoms with Gasteiger partial charge in [-0.05, 0) is 55.8 Å². The molecular formula is C22H24ClN3O3. The van der Waals surface area contributed by atoms with Gasteiger partial charge in [-0.15, -0.1) is 0 Å². The molecule has 0 saturated carbocycles. The Hall–Kier alpha value is -2.57. The van der Waals surface area contributed by atoms with E-state index < -0.39 is 0 Å². The predicted molar refractivity (Wildman–Crippen MR) is 113 cm³/mol. The minimum atomic E-state index is -0.169. The van der Waals surface area contributed by atoms with Gasteiger partial charge in [-0.25, -0.2) is 4.68 Å². The highest BCUT2D eigenvalue weighted by Crippen LogP contribution is 2.27. The van der Waals surface area contributed by atoms with Crippen molar-refractivity contribution in [2.24, 2.45) is 0 Å². The SMILES string of the molecule is COC(=O)CCN1CCCC1COc1ccc(-n2nc3ccccc3c2Cl)cc1. The molecule has 29 heavy (non-hydrogen) atoms. The Morgan fingerprint density at radius 1 is 1.21 bits per heavy atom. The lowest BCUT2D eigenvalue weighted by atomic mass is 10.2. The van der Waals surface area contributed by atoms with Crippen molar-refractivity contribution in [3.63, 3.8) is 0 Å². The third-order valence-electron chi connectivity index (χ3n) is 5.37. The summed E-state index contributed by atoms with van der Waals surface area (Å²) in [5, 5.41) is 6.10. The first-order chi connectivity index (χ1) is 14.2. The quantitative estimate of drug-likeness (QED) is 0.546. The summed E-state index contributed by atoms with van der Waals surface area (Å²) < 4.78 is 12.5. The molecule has 2 aromatic carbocycles. The molecule has 0 bridgehead atoms. The Morgan fingerprint density at radius 3 is 2.76 bits per heavy atom. The number of methoxy groups -OCH3 is 1. The van der Waals surface area contributed by atoms with E-state index >= 15 is 0 Å². The van der Waals surface area contributed by atoms with Gasteiger partial charge >= 0.3 is 5.97 Å². The molecule has 1 atom stereocenters. The molecule has 1 unspecified atom stereocenters. The van der Waals surface area contributed by atoms with E-state index in [2.05, 4.69) is 10.00 Å². The third-order valence-corrected chi connectivity index (χ3v) is 5.74. The van der Waals surface area contributed by atoms with Crippen LogP contribution in [0.2, 0.25) is 5.15 Å². The minimum Gasteiger partial charge on any atom is -0.492 e. The van der Waals surface area contributed by atoms with Crippen LogP contribution in [0.15, 0.2) is 48.5 Å². The molecule has 0 amide bonds. The largest absolute Gasteiger partial charge is 0.492 e. The molecule has 6 nitrogen and oxygen atoms in total. The summed E-state index contributed by atoms with van der Waals surface area (Å²) in [6.07, 6.45) is 2.62. The number of fused-ring (bicyclic) bond motifs is 1. The van der Waals surface area contributed by atoms with Crippen molar-refractivity contribution in [1.82, 2.24) is 14.7 Å². The van der Waals surface area contributed by atoms with Crippen LogP contribution in [-0.4, -0.2) is 53.5 Å². The highest BCUT2D eigenvalue weighted by atomic mass is 35.5. The summed E-state index contributed by atoms with van der Waals surface area (Å²) in [5.74, 6) is 0.638. The van der Waals surface area contributed by atoms with Crippen molar-refractivity contribution in [2.45, 2.75) is 25.3 Å². The number of hydrogen-bond donors (Lipinski definition) is 0. The number of benzene rings is 2. The van der Waals surface area contributed by atoms with Crippen molar-refractivity contribution in [3.05, 3.63) is 53.7 Å². The maximum atomic E-state index is 11.4. The first-order valence-corrected chi connectivity index (χ1v) is 10.2. The summed E-state index contributed by atoms with van der Waals surface area (Å²) in [7, 11) is 1.43. The molecule has 152 valence electrons. The first-order valence-electron chi connectivity index (χ1n) is 9.83. The summed E-state index contributed by atoms with van der Waals surface area (Å²) in [5.41, 5.74) is 1.75. The number of likely N-dealkylation sites (tertiary alicyclic amines) is 1. The van der Waals surface area contributed by atoms with Crippen LogP contribution in [0.25, 0.3) is 16.6 Å². The van der Waals surface area contributed by atoms with Gasteiger partial charge in [-0.1, -0.05) is 23.7 Å². The molecule has 0 aliphatic carbocycles. The monoisotopic (exact) mass is 413 g/mol. The van der Waals surface area contributed by atoms with Crippen LogP contribution in [-0.2, 0) is 9.53 Å². The van der Waals surface area contributed by atoms with Crippen molar-refractivity contribution in [2.75, 3.05) is 26.8 Å². The second-order valence-electron chi connectivity index (χ2n) is 7.18. The fourth-order valence-electron chi connectivity index (χ4n) is 3.76. The van der Waals surface area contributed by atoms with Gasteiger partial charge in [-0.2, -0.15) is 5.10 Å². The van der Waals surface area contributed by atoms with E-state index in [1.807, 2.05) is 48.5 Å². The number of carbonyl (C=O) groups excluding carboxylic acids is 1. The number of halogens is 1. The molecule has 0 spiro atoms. The Balaban J connectivity index is 1.38. The van der Waals surface area contributed by atoms with Gasteiger partial charge in [0.1, 0.15) is 17.5 Å². The summed E-state index contributed by atoms with van der Waals surface area (Å²) in [4.78, 5) is 13.7. The molecule has 3 aromatic rings. The Bertz CT molecular complexity index is 987. The van der Waals surface area contributed by atoms with Crippen LogP contribution < -0.4 is 4.74 Å². The van der Waals surface area contributed by atoms with Gasteiger partial charge < -0.3 is 9.47 Å². The Kier molecular flexibility index (Phi) is 6.02. The van der Waals surface area contributed by atoms with E-state index in [0.29, 0.717) is 30.8 Å². The second kappa shape index (κ2) is 8.84. The van der Waals surface area contributed by atoms with Crippen molar-refractivity contribution < 1.29 is 14.3 Å². The zero-order chi connectivity index (χ0) is 20.2. The number of esters is 1. The number of ether oxygens (including phenoxy) is 2. The van der Waals surface area contributed by atoms with Crippen LogP contribution in [0, 0.1) is 0 Å². The maximum absolute atomic E-state index is 11.4. The van der Waals surface area contributed by atoms with Gasteiger partial charge in [0.15, 0.2) is 0 Å². The maximum Gasteiger partial charge on any atom is 0.306 e. The van der Waals surface area contributed by atoms with Gasteiger partial charge in [0.05, 0.1) is 24.7 Å². The number of nitrogens with zero attached hydrogens (tertiary/aromatic N) is 3. The molecule has 1 fully saturated rings. The summed E-state index contributed by atoms with van der Waals surface area (Å²) in [6, 6.07) is 15.9. The van der Waals surface area contributed by atoms with E-state index in [-0.39, 0.29) is 5.97 Å². The lowest BCUT2D eigenvalue weighted by molar-refractivity contribution is -0.141. The van der Waals surface area contributed by atoms with Gasteiger partial charge in [0, 0.05) is 18.0 Å². The van der Waals surface area contributed by atoms with Gasteiger partial charge in [0.2, 0.25) is 0 Å². The average molecular weight is 414 g/mol. The van der Waals surface area contributed by atoms with E-state index in [1.54, 1.807) is 4.68 Å². The molecule has 0 N–H and O–H groups in total. The minimum absolute atomic E-state index is 0.169. The number of carbonyl (C=O) groups is 1.